The summed E-state index contributed by atoms with van der Waals surface area (Å²) in [5.41, 5.74) is -0.501. The Morgan fingerprint density at radius 1 is 1.40 bits per heavy atom. The van der Waals surface area contributed by atoms with E-state index < -0.39 is 15.7 Å². The smallest absolute Gasteiger partial charge is 0.198 e. The molecule has 88 valence electrons. The molecule has 0 unspecified atom stereocenters. The summed E-state index contributed by atoms with van der Waals surface area (Å²) >= 11 is 0. The minimum Gasteiger partial charge on any atom is -0.198 e. The molecule has 0 heterocycles. The second-order valence-electron chi connectivity index (χ2n) is 4.26. The molecule has 0 spiro atoms. The van der Waals surface area contributed by atoms with Crippen LogP contribution in [0.4, 0.5) is 0 Å². The molecule has 0 saturated heterocycles. The Morgan fingerprint density at radius 3 is 2.27 bits per heavy atom. The summed E-state index contributed by atoms with van der Waals surface area (Å²) in [6.07, 6.45) is 0.207. The molecule has 0 saturated carbocycles. The first-order chi connectivity index (χ1) is 6.73. The van der Waals surface area contributed by atoms with Crippen molar-refractivity contribution in [2.45, 2.75) is 39.7 Å². The van der Waals surface area contributed by atoms with Gasteiger partial charge < -0.3 is 0 Å². The third-order valence-electron chi connectivity index (χ3n) is 1.60. The van der Waals surface area contributed by atoms with Gasteiger partial charge in [0.2, 0.25) is 0 Å². The van der Waals surface area contributed by atoms with Crippen LogP contribution in [0, 0.1) is 11.3 Å². The van der Waals surface area contributed by atoms with Crippen molar-refractivity contribution in [3.63, 3.8) is 0 Å². The summed E-state index contributed by atoms with van der Waals surface area (Å²) in [4.78, 5) is 0. The average Bonchev–Trinajstić information content (AvgIpc) is 2.00. The number of nitrogens with zero attached hydrogens (tertiary/aromatic N) is 2. The van der Waals surface area contributed by atoms with Gasteiger partial charge in [-0.3, -0.25) is 0 Å². The number of hydrogen-bond acceptors (Lipinski definition) is 3. The van der Waals surface area contributed by atoms with E-state index in [0.717, 1.165) is 0 Å². The van der Waals surface area contributed by atoms with E-state index in [2.05, 4.69) is 4.72 Å². The van der Waals surface area contributed by atoms with Crippen LogP contribution in [0.25, 0.3) is 0 Å². The largest absolute Gasteiger partial charge is 0.279 e. The van der Waals surface area contributed by atoms with Crippen molar-refractivity contribution in [3.05, 3.63) is 0 Å². The molecule has 1 N–H and O–H groups in total. The summed E-state index contributed by atoms with van der Waals surface area (Å²) in [6.45, 7) is 7.69. The molecule has 0 rings (SSSR count). The third-order valence-corrected chi connectivity index (χ3v) is 3.59. The molecule has 0 aromatic heterocycles. The number of rotatable bonds is 5. The van der Waals surface area contributed by atoms with E-state index in [9.17, 15) is 8.42 Å². The maximum Gasteiger partial charge on any atom is 0.279 e. The number of nitriles is 1. The van der Waals surface area contributed by atoms with E-state index in [-0.39, 0.29) is 13.0 Å². The Balaban J connectivity index is 4.62. The van der Waals surface area contributed by atoms with Gasteiger partial charge in [0, 0.05) is 25.0 Å². The molecule has 15 heavy (non-hydrogen) atoms. The van der Waals surface area contributed by atoms with Gasteiger partial charge in [0.25, 0.3) is 10.2 Å². The molecule has 6 heteroatoms. The lowest BCUT2D eigenvalue weighted by Gasteiger charge is -2.26. The van der Waals surface area contributed by atoms with Crippen molar-refractivity contribution in [2.24, 2.45) is 0 Å². The maximum absolute atomic E-state index is 11.8. The molecule has 0 radical (unpaired) electrons. The van der Waals surface area contributed by atoms with Crippen molar-refractivity contribution in [2.75, 3.05) is 13.1 Å². The number of hydrogen-bond donors (Lipinski definition) is 1. The van der Waals surface area contributed by atoms with Crippen LogP contribution in [0.1, 0.15) is 34.1 Å². The zero-order valence-corrected chi connectivity index (χ0v) is 10.6. The van der Waals surface area contributed by atoms with Crippen molar-refractivity contribution in [1.82, 2.24) is 9.03 Å². The summed E-state index contributed by atoms with van der Waals surface area (Å²) < 4.78 is 27.4. The first-order valence-corrected chi connectivity index (χ1v) is 6.33. The predicted octanol–water partition coefficient (Wildman–Crippen LogP) is 0.855. The van der Waals surface area contributed by atoms with Gasteiger partial charge in [-0.25, -0.2) is 0 Å². The average molecular weight is 233 g/mol. The highest BCUT2D eigenvalue weighted by Crippen LogP contribution is 2.06. The SMILES string of the molecule is CCN(CCC#N)S(=O)(=O)NC(C)(C)C. The van der Waals surface area contributed by atoms with Gasteiger partial charge in [0.1, 0.15) is 0 Å². The van der Waals surface area contributed by atoms with Gasteiger partial charge in [-0.05, 0) is 20.8 Å². The Hall–Kier alpha value is -0.640. The van der Waals surface area contributed by atoms with Crippen molar-refractivity contribution in [1.29, 1.82) is 5.26 Å². The van der Waals surface area contributed by atoms with Crippen LogP contribution in [0.2, 0.25) is 0 Å². The number of nitrogens with one attached hydrogen (secondary N) is 1. The molecular formula is C9H19N3O2S. The Bertz CT molecular complexity index is 324. The quantitative estimate of drug-likeness (QED) is 0.765. The van der Waals surface area contributed by atoms with E-state index in [1.807, 2.05) is 6.07 Å². The zero-order valence-electron chi connectivity index (χ0n) is 9.74. The molecule has 0 atom stereocenters. The normalized spacial score (nSPS) is 12.8. The van der Waals surface area contributed by atoms with Gasteiger partial charge in [0.15, 0.2) is 0 Å². The Kier molecular flexibility index (Phi) is 5.21. The Morgan fingerprint density at radius 2 is 1.93 bits per heavy atom. The van der Waals surface area contributed by atoms with E-state index in [1.54, 1.807) is 27.7 Å². The van der Waals surface area contributed by atoms with E-state index in [0.29, 0.717) is 6.54 Å². The van der Waals surface area contributed by atoms with Crippen LogP contribution in [-0.2, 0) is 10.2 Å². The molecule has 0 aromatic rings. The van der Waals surface area contributed by atoms with Gasteiger partial charge in [-0.15, -0.1) is 0 Å². The zero-order chi connectivity index (χ0) is 12.1. The highest BCUT2D eigenvalue weighted by Gasteiger charge is 2.25. The van der Waals surface area contributed by atoms with Gasteiger partial charge in [-0.1, -0.05) is 6.92 Å². The lowest BCUT2D eigenvalue weighted by Crippen LogP contribution is -2.49. The second kappa shape index (κ2) is 5.45. The third kappa shape index (κ3) is 5.72. The molecule has 0 aliphatic rings. The summed E-state index contributed by atoms with van der Waals surface area (Å²) in [5, 5.41) is 8.42. The Labute approximate surface area is 92.3 Å². The molecule has 0 aromatic carbocycles. The van der Waals surface area contributed by atoms with Crippen LogP contribution < -0.4 is 4.72 Å². The van der Waals surface area contributed by atoms with E-state index >= 15 is 0 Å². The minimum absolute atomic E-state index is 0.207. The van der Waals surface area contributed by atoms with Crippen LogP contribution in [0.3, 0.4) is 0 Å². The van der Waals surface area contributed by atoms with E-state index in [4.69, 9.17) is 5.26 Å². The summed E-state index contributed by atoms with van der Waals surface area (Å²) in [7, 11) is -3.47. The van der Waals surface area contributed by atoms with Gasteiger partial charge in [0.05, 0.1) is 6.07 Å². The predicted molar refractivity (Wildman–Crippen MR) is 59.3 cm³/mol. The molecule has 0 aliphatic carbocycles. The van der Waals surface area contributed by atoms with Gasteiger partial charge in [-0.2, -0.15) is 22.7 Å². The maximum atomic E-state index is 11.8. The lowest BCUT2D eigenvalue weighted by molar-refractivity contribution is 0.401. The topological polar surface area (TPSA) is 73.2 Å². The van der Waals surface area contributed by atoms with Gasteiger partial charge >= 0.3 is 0 Å². The molecule has 0 fully saturated rings. The van der Waals surface area contributed by atoms with Crippen molar-refractivity contribution in [3.8, 4) is 6.07 Å². The monoisotopic (exact) mass is 233 g/mol. The second-order valence-corrected chi connectivity index (χ2v) is 5.93. The summed E-state index contributed by atoms with van der Waals surface area (Å²) in [5.74, 6) is 0. The highest BCUT2D eigenvalue weighted by molar-refractivity contribution is 7.87. The highest BCUT2D eigenvalue weighted by atomic mass is 32.2. The molecular weight excluding hydrogens is 214 g/mol. The fourth-order valence-electron chi connectivity index (χ4n) is 1.07. The van der Waals surface area contributed by atoms with Crippen molar-refractivity contribution < 1.29 is 8.42 Å². The lowest BCUT2D eigenvalue weighted by atomic mass is 10.1. The molecule has 0 aliphatic heterocycles. The summed E-state index contributed by atoms with van der Waals surface area (Å²) in [6, 6.07) is 1.93. The minimum atomic E-state index is -3.47. The fraction of sp³-hybridized carbons (Fsp3) is 0.889. The molecule has 5 nitrogen and oxygen atoms in total. The standard InChI is InChI=1S/C9H19N3O2S/c1-5-12(8-6-7-10)15(13,14)11-9(2,3)4/h11H,5-6,8H2,1-4H3. The fourth-order valence-corrected chi connectivity index (χ4v) is 2.65. The van der Waals surface area contributed by atoms with Crippen LogP contribution >= 0.6 is 0 Å². The first-order valence-electron chi connectivity index (χ1n) is 4.89. The molecule has 0 amide bonds. The van der Waals surface area contributed by atoms with Crippen molar-refractivity contribution >= 4 is 10.2 Å². The van der Waals surface area contributed by atoms with Crippen LogP contribution in [-0.4, -0.2) is 31.4 Å². The van der Waals surface area contributed by atoms with Crippen LogP contribution in [0.15, 0.2) is 0 Å². The first kappa shape index (κ1) is 14.4. The van der Waals surface area contributed by atoms with Crippen LogP contribution in [0.5, 0.6) is 0 Å². The molecule has 0 bridgehead atoms. The van der Waals surface area contributed by atoms with E-state index in [1.165, 1.54) is 4.31 Å².